The fourth-order valence-corrected chi connectivity index (χ4v) is 3.29. The molecule has 0 aliphatic heterocycles. The minimum atomic E-state index is -0.180. The van der Waals surface area contributed by atoms with Crippen LogP contribution in [0.5, 0.6) is 0 Å². The standard InChI is InChI=1S/C17H17BrCl2N6O/c1-10-16(18)11(2)26(23-10)6-5-15(27)22-17-21-9-25(24-17)8-12-3-4-13(19)7-14(12)20/h3-4,7,9H,5-6,8H2,1-2H3,(H,22,24,27). The van der Waals surface area contributed by atoms with Crippen LogP contribution in [0.3, 0.4) is 0 Å². The fraction of sp³-hybridized carbons (Fsp3) is 0.294. The van der Waals surface area contributed by atoms with Crippen LogP contribution in [0.4, 0.5) is 5.95 Å². The summed E-state index contributed by atoms with van der Waals surface area (Å²) in [5.41, 5.74) is 2.75. The average molecular weight is 472 g/mol. The van der Waals surface area contributed by atoms with Crippen molar-refractivity contribution in [2.45, 2.75) is 33.4 Å². The number of halogens is 3. The quantitative estimate of drug-likeness (QED) is 0.583. The second kappa shape index (κ2) is 8.41. The van der Waals surface area contributed by atoms with Crippen LogP contribution in [-0.2, 0) is 17.9 Å². The van der Waals surface area contributed by atoms with Gasteiger partial charge in [-0.05, 0) is 47.5 Å². The van der Waals surface area contributed by atoms with E-state index >= 15 is 0 Å². The van der Waals surface area contributed by atoms with Crippen molar-refractivity contribution in [3.63, 3.8) is 0 Å². The number of aryl methyl sites for hydroxylation is 2. The number of aromatic nitrogens is 5. The molecule has 10 heteroatoms. The molecule has 0 atom stereocenters. The summed E-state index contributed by atoms with van der Waals surface area (Å²) in [6, 6.07) is 5.27. The Bertz CT molecular complexity index is 984. The van der Waals surface area contributed by atoms with Gasteiger partial charge < -0.3 is 0 Å². The molecule has 27 heavy (non-hydrogen) atoms. The third-order valence-corrected chi connectivity index (χ3v) is 5.71. The molecule has 0 unspecified atom stereocenters. The highest BCUT2D eigenvalue weighted by Gasteiger charge is 2.12. The van der Waals surface area contributed by atoms with Crippen molar-refractivity contribution in [3.8, 4) is 0 Å². The van der Waals surface area contributed by atoms with Crippen LogP contribution < -0.4 is 5.32 Å². The number of benzene rings is 1. The first-order valence-corrected chi connectivity index (χ1v) is 9.71. The number of anilines is 1. The third-order valence-electron chi connectivity index (χ3n) is 3.98. The number of nitrogens with one attached hydrogen (secondary N) is 1. The molecular formula is C17H17BrCl2N6O. The zero-order chi connectivity index (χ0) is 19.6. The van der Waals surface area contributed by atoms with Gasteiger partial charge in [-0.3, -0.25) is 14.8 Å². The van der Waals surface area contributed by atoms with E-state index in [4.69, 9.17) is 23.2 Å². The van der Waals surface area contributed by atoms with E-state index in [1.54, 1.807) is 27.8 Å². The number of carbonyl (C=O) groups excluding carboxylic acids is 1. The van der Waals surface area contributed by atoms with E-state index in [2.05, 4.69) is 36.4 Å². The van der Waals surface area contributed by atoms with Gasteiger partial charge >= 0.3 is 0 Å². The number of rotatable bonds is 6. The highest BCUT2D eigenvalue weighted by molar-refractivity contribution is 9.10. The zero-order valence-corrected chi connectivity index (χ0v) is 17.8. The molecule has 0 aliphatic rings. The monoisotopic (exact) mass is 470 g/mol. The van der Waals surface area contributed by atoms with Crippen molar-refractivity contribution < 1.29 is 4.79 Å². The Kier molecular flexibility index (Phi) is 6.18. The van der Waals surface area contributed by atoms with Gasteiger partial charge in [0.1, 0.15) is 6.33 Å². The van der Waals surface area contributed by atoms with E-state index in [-0.39, 0.29) is 18.3 Å². The highest BCUT2D eigenvalue weighted by atomic mass is 79.9. The van der Waals surface area contributed by atoms with Crippen molar-refractivity contribution in [1.82, 2.24) is 24.5 Å². The Morgan fingerprint density at radius 1 is 1.26 bits per heavy atom. The molecule has 0 aliphatic carbocycles. The van der Waals surface area contributed by atoms with Gasteiger partial charge in [-0.1, -0.05) is 29.3 Å². The van der Waals surface area contributed by atoms with Crippen molar-refractivity contribution in [2.75, 3.05) is 5.32 Å². The lowest BCUT2D eigenvalue weighted by Crippen LogP contribution is -2.16. The fourth-order valence-electron chi connectivity index (χ4n) is 2.54. The number of hydrogen-bond acceptors (Lipinski definition) is 4. The molecule has 1 N–H and O–H groups in total. The SMILES string of the molecule is Cc1nn(CCC(=O)Nc2ncn(Cc3ccc(Cl)cc3Cl)n2)c(C)c1Br. The molecule has 7 nitrogen and oxygen atoms in total. The van der Waals surface area contributed by atoms with Crippen LogP contribution in [-0.4, -0.2) is 30.5 Å². The molecule has 0 fully saturated rings. The van der Waals surface area contributed by atoms with Crippen LogP contribution in [0, 0.1) is 13.8 Å². The minimum Gasteiger partial charge on any atom is -0.293 e. The van der Waals surface area contributed by atoms with Crippen LogP contribution in [0.1, 0.15) is 23.4 Å². The Balaban J connectivity index is 1.56. The summed E-state index contributed by atoms with van der Waals surface area (Å²) in [4.78, 5) is 16.3. The maximum absolute atomic E-state index is 12.2. The molecule has 3 aromatic rings. The zero-order valence-electron chi connectivity index (χ0n) is 14.7. The van der Waals surface area contributed by atoms with Gasteiger partial charge in [0, 0.05) is 22.2 Å². The number of hydrogen-bond donors (Lipinski definition) is 1. The van der Waals surface area contributed by atoms with Crippen LogP contribution >= 0.6 is 39.1 Å². The first-order valence-electron chi connectivity index (χ1n) is 8.16. The number of amides is 1. The van der Waals surface area contributed by atoms with Crippen molar-refractivity contribution in [2.24, 2.45) is 0 Å². The predicted octanol–water partition coefficient (Wildman–Crippen LogP) is 4.24. The van der Waals surface area contributed by atoms with Gasteiger partial charge in [-0.2, -0.15) is 5.10 Å². The highest BCUT2D eigenvalue weighted by Crippen LogP contribution is 2.22. The Hall–Kier alpha value is -1.90. The average Bonchev–Trinajstić information content (AvgIpc) is 3.15. The summed E-state index contributed by atoms with van der Waals surface area (Å²) < 4.78 is 4.36. The molecule has 142 valence electrons. The van der Waals surface area contributed by atoms with E-state index in [9.17, 15) is 4.79 Å². The summed E-state index contributed by atoms with van der Waals surface area (Å²) in [6.45, 7) is 4.77. The van der Waals surface area contributed by atoms with E-state index < -0.39 is 0 Å². The molecule has 0 radical (unpaired) electrons. The van der Waals surface area contributed by atoms with Gasteiger partial charge in [0.2, 0.25) is 11.9 Å². The van der Waals surface area contributed by atoms with E-state index in [1.165, 1.54) is 0 Å². The first-order chi connectivity index (χ1) is 12.8. The molecular weight excluding hydrogens is 455 g/mol. The Morgan fingerprint density at radius 2 is 2.04 bits per heavy atom. The van der Waals surface area contributed by atoms with Crippen molar-refractivity contribution in [3.05, 3.63) is 56.0 Å². The summed E-state index contributed by atoms with van der Waals surface area (Å²) in [7, 11) is 0. The molecule has 0 saturated carbocycles. The first kappa shape index (κ1) is 19.9. The predicted molar refractivity (Wildman–Crippen MR) is 108 cm³/mol. The topological polar surface area (TPSA) is 77.6 Å². The molecule has 0 bridgehead atoms. The van der Waals surface area contributed by atoms with Crippen LogP contribution in [0.15, 0.2) is 29.0 Å². The van der Waals surface area contributed by atoms with Gasteiger partial charge in [0.05, 0.1) is 23.3 Å². The summed E-state index contributed by atoms with van der Waals surface area (Å²) in [5, 5.41) is 12.5. The molecule has 2 aromatic heterocycles. The van der Waals surface area contributed by atoms with Gasteiger partial charge in [-0.15, -0.1) is 5.10 Å². The van der Waals surface area contributed by atoms with Gasteiger partial charge in [0.25, 0.3) is 0 Å². The normalized spacial score (nSPS) is 11.0. The van der Waals surface area contributed by atoms with Gasteiger partial charge in [-0.25, -0.2) is 9.67 Å². The molecule has 0 spiro atoms. The Morgan fingerprint density at radius 3 is 2.70 bits per heavy atom. The van der Waals surface area contributed by atoms with Gasteiger partial charge in [0.15, 0.2) is 0 Å². The molecule has 1 aromatic carbocycles. The second-order valence-corrected chi connectivity index (χ2v) is 7.64. The molecule has 2 heterocycles. The minimum absolute atomic E-state index is 0.180. The molecule has 0 saturated heterocycles. The lowest BCUT2D eigenvalue weighted by molar-refractivity contribution is -0.116. The largest absolute Gasteiger partial charge is 0.293 e. The van der Waals surface area contributed by atoms with Crippen LogP contribution in [0.2, 0.25) is 10.0 Å². The maximum Gasteiger partial charge on any atom is 0.248 e. The van der Waals surface area contributed by atoms with E-state index in [0.717, 1.165) is 21.4 Å². The summed E-state index contributed by atoms with van der Waals surface area (Å²) in [5.74, 6) is 0.0700. The lowest BCUT2D eigenvalue weighted by atomic mass is 10.2. The summed E-state index contributed by atoms with van der Waals surface area (Å²) in [6.07, 6.45) is 1.81. The van der Waals surface area contributed by atoms with Crippen molar-refractivity contribution >= 4 is 51.0 Å². The third kappa shape index (κ3) is 4.88. The number of carbonyl (C=O) groups is 1. The van der Waals surface area contributed by atoms with E-state index in [0.29, 0.717) is 23.1 Å². The maximum atomic E-state index is 12.2. The lowest BCUT2D eigenvalue weighted by Gasteiger charge is -2.05. The van der Waals surface area contributed by atoms with E-state index in [1.807, 2.05) is 19.9 Å². The Labute approximate surface area is 174 Å². The molecule has 3 rings (SSSR count). The smallest absolute Gasteiger partial charge is 0.248 e. The van der Waals surface area contributed by atoms with Crippen molar-refractivity contribution in [1.29, 1.82) is 0 Å². The molecule has 1 amide bonds. The van der Waals surface area contributed by atoms with Crippen LogP contribution in [0.25, 0.3) is 0 Å². The number of nitrogens with zero attached hydrogens (tertiary/aromatic N) is 5. The summed E-state index contributed by atoms with van der Waals surface area (Å²) >= 11 is 15.5. The second-order valence-electron chi connectivity index (χ2n) is 6.01.